The summed E-state index contributed by atoms with van der Waals surface area (Å²) in [6.07, 6.45) is 1.66. The average molecular weight is 288 g/mol. The maximum atomic E-state index is 11.5. The minimum Gasteiger partial charge on any atom is -0.384 e. The number of anilines is 1. The molecular formula is C14H16N4OS. The number of nitrogens with one attached hydrogen (secondary N) is 1. The van der Waals surface area contributed by atoms with Crippen molar-refractivity contribution in [2.75, 3.05) is 29.5 Å². The number of aromatic nitrogens is 1. The second-order valence-electron chi connectivity index (χ2n) is 4.79. The summed E-state index contributed by atoms with van der Waals surface area (Å²) >= 11 is 0. The number of para-hydroxylation sites is 1. The Morgan fingerprint density at radius 1 is 1.30 bits per heavy atom. The number of rotatable bonds is 2. The highest BCUT2D eigenvalue weighted by Gasteiger charge is 2.21. The van der Waals surface area contributed by atoms with Gasteiger partial charge in [-0.2, -0.15) is 0 Å². The Morgan fingerprint density at radius 3 is 2.70 bits per heavy atom. The van der Waals surface area contributed by atoms with Crippen molar-refractivity contribution in [1.29, 1.82) is 5.41 Å². The number of hydrogen-bond acceptors (Lipinski definition) is 4. The number of benzene rings is 1. The largest absolute Gasteiger partial charge is 0.384 e. The van der Waals surface area contributed by atoms with Crippen LogP contribution in [0.25, 0.3) is 10.9 Å². The topological polar surface area (TPSA) is 83.1 Å². The molecule has 2 heterocycles. The summed E-state index contributed by atoms with van der Waals surface area (Å²) in [4.78, 5) is 6.53. The molecule has 0 amide bonds. The van der Waals surface area contributed by atoms with E-state index < -0.39 is 10.8 Å². The van der Waals surface area contributed by atoms with E-state index in [-0.39, 0.29) is 5.84 Å². The molecule has 5 nitrogen and oxygen atoms in total. The normalized spacial score (nSPS) is 16.5. The number of pyridine rings is 1. The summed E-state index contributed by atoms with van der Waals surface area (Å²) < 4.78 is 11.5. The van der Waals surface area contributed by atoms with Crippen LogP contribution in [-0.2, 0) is 10.8 Å². The van der Waals surface area contributed by atoms with Crippen LogP contribution in [0.3, 0.4) is 0 Å². The van der Waals surface area contributed by atoms with Crippen molar-refractivity contribution >= 4 is 33.2 Å². The standard InChI is InChI=1S/C14H16N4OS/c15-14(16)11-9-17-12-4-2-1-3-10(12)13(11)18-5-7-20(19)8-6-18/h1-4,9H,5-8H2,(H3,15,16). The monoisotopic (exact) mass is 288 g/mol. The highest BCUT2D eigenvalue weighted by atomic mass is 32.2. The fourth-order valence-electron chi connectivity index (χ4n) is 2.53. The Hall–Kier alpha value is -1.95. The molecule has 20 heavy (non-hydrogen) atoms. The Bertz CT molecular complexity index is 691. The summed E-state index contributed by atoms with van der Waals surface area (Å²) in [5.41, 5.74) is 8.18. The maximum Gasteiger partial charge on any atom is 0.126 e. The van der Waals surface area contributed by atoms with Crippen LogP contribution in [0.1, 0.15) is 5.56 Å². The molecule has 0 bridgehead atoms. The third-order valence-electron chi connectivity index (χ3n) is 3.53. The highest BCUT2D eigenvalue weighted by Crippen LogP contribution is 2.30. The summed E-state index contributed by atoms with van der Waals surface area (Å²) in [6, 6.07) is 7.85. The van der Waals surface area contributed by atoms with Crippen molar-refractivity contribution in [3.05, 3.63) is 36.0 Å². The molecule has 1 aromatic heterocycles. The van der Waals surface area contributed by atoms with Gasteiger partial charge in [0.25, 0.3) is 0 Å². The van der Waals surface area contributed by atoms with E-state index in [9.17, 15) is 4.21 Å². The summed E-state index contributed by atoms with van der Waals surface area (Å²) in [5, 5.41) is 8.75. The average Bonchev–Trinajstić information content (AvgIpc) is 2.47. The van der Waals surface area contributed by atoms with Crippen LogP contribution in [-0.4, -0.2) is 39.6 Å². The van der Waals surface area contributed by atoms with E-state index in [1.807, 2.05) is 24.3 Å². The molecule has 3 rings (SSSR count). The third kappa shape index (κ3) is 2.27. The fraction of sp³-hybridized carbons (Fsp3) is 0.286. The van der Waals surface area contributed by atoms with Gasteiger partial charge in [0.15, 0.2) is 0 Å². The van der Waals surface area contributed by atoms with E-state index in [1.54, 1.807) is 6.20 Å². The zero-order valence-corrected chi connectivity index (χ0v) is 11.8. The van der Waals surface area contributed by atoms with Gasteiger partial charge in [-0.25, -0.2) is 0 Å². The highest BCUT2D eigenvalue weighted by molar-refractivity contribution is 7.85. The van der Waals surface area contributed by atoms with Gasteiger partial charge in [0.05, 0.1) is 16.8 Å². The molecule has 1 aliphatic heterocycles. The second-order valence-corrected chi connectivity index (χ2v) is 6.48. The van der Waals surface area contributed by atoms with Crippen molar-refractivity contribution in [1.82, 2.24) is 4.98 Å². The van der Waals surface area contributed by atoms with Crippen LogP contribution in [0, 0.1) is 5.41 Å². The predicted molar refractivity (Wildman–Crippen MR) is 82.8 cm³/mol. The maximum absolute atomic E-state index is 11.5. The fourth-order valence-corrected chi connectivity index (χ4v) is 3.58. The first-order valence-corrected chi connectivity index (χ1v) is 7.97. The molecule has 1 aromatic carbocycles. The molecular weight excluding hydrogens is 272 g/mol. The number of nitrogen functional groups attached to an aromatic ring is 1. The van der Waals surface area contributed by atoms with Crippen LogP contribution < -0.4 is 10.6 Å². The summed E-state index contributed by atoms with van der Waals surface area (Å²) in [6.45, 7) is 1.45. The molecule has 0 atom stereocenters. The van der Waals surface area contributed by atoms with Crippen LogP contribution in [0.15, 0.2) is 30.5 Å². The molecule has 0 radical (unpaired) electrons. The Labute approximate surface area is 119 Å². The lowest BCUT2D eigenvalue weighted by Gasteiger charge is -2.31. The van der Waals surface area contributed by atoms with Crippen LogP contribution in [0.4, 0.5) is 5.69 Å². The molecule has 0 spiro atoms. The number of amidine groups is 1. The van der Waals surface area contributed by atoms with Gasteiger partial charge in [-0.1, -0.05) is 18.2 Å². The zero-order valence-electron chi connectivity index (χ0n) is 11.0. The molecule has 1 aliphatic rings. The van der Waals surface area contributed by atoms with Crippen LogP contribution in [0.2, 0.25) is 0 Å². The van der Waals surface area contributed by atoms with Gasteiger partial charge in [-0.15, -0.1) is 0 Å². The number of nitrogens with two attached hydrogens (primary N) is 1. The molecule has 104 valence electrons. The van der Waals surface area contributed by atoms with Crippen molar-refractivity contribution in [3.8, 4) is 0 Å². The van der Waals surface area contributed by atoms with E-state index in [0.717, 1.165) is 29.7 Å². The molecule has 1 saturated heterocycles. The first-order chi connectivity index (χ1) is 9.66. The van der Waals surface area contributed by atoms with Crippen molar-refractivity contribution < 1.29 is 4.21 Å². The van der Waals surface area contributed by atoms with Gasteiger partial charge in [0, 0.05) is 47.0 Å². The van der Waals surface area contributed by atoms with Crippen molar-refractivity contribution in [2.45, 2.75) is 0 Å². The lowest BCUT2D eigenvalue weighted by atomic mass is 10.1. The van der Waals surface area contributed by atoms with E-state index in [2.05, 4.69) is 9.88 Å². The molecule has 3 N–H and O–H groups in total. The number of nitrogens with zero attached hydrogens (tertiary/aromatic N) is 2. The van der Waals surface area contributed by atoms with Crippen molar-refractivity contribution in [3.63, 3.8) is 0 Å². The lowest BCUT2D eigenvalue weighted by Crippen LogP contribution is -2.39. The van der Waals surface area contributed by atoms with Gasteiger partial charge >= 0.3 is 0 Å². The number of hydrogen-bond donors (Lipinski definition) is 2. The van der Waals surface area contributed by atoms with Crippen molar-refractivity contribution in [2.24, 2.45) is 5.73 Å². The Balaban J connectivity index is 2.17. The second kappa shape index (κ2) is 5.20. The van der Waals surface area contributed by atoms with E-state index in [4.69, 9.17) is 11.1 Å². The number of fused-ring (bicyclic) bond motifs is 1. The molecule has 6 heteroatoms. The van der Waals surface area contributed by atoms with E-state index >= 15 is 0 Å². The SMILES string of the molecule is N=C(N)c1cnc2ccccc2c1N1CCS(=O)CC1. The third-order valence-corrected chi connectivity index (χ3v) is 4.81. The Kier molecular flexibility index (Phi) is 3.40. The van der Waals surface area contributed by atoms with Gasteiger partial charge in [0.2, 0.25) is 0 Å². The predicted octanol–water partition coefficient (Wildman–Crippen LogP) is 1.09. The zero-order chi connectivity index (χ0) is 14.1. The van der Waals surface area contributed by atoms with Gasteiger partial charge in [0.1, 0.15) is 5.84 Å². The molecule has 0 saturated carbocycles. The first-order valence-electron chi connectivity index (χ1n) is 6.49. The van der Waals surface area contributed by atoms with E-state index in [0.29, 0.717) is 17.1 Å². The Morgan fingerprint density at radius 2 is 2.00 bits per heavy atom. The molecule has 2 aromatic rings. The van der Waals surface area contributed by atoms with Crippen LogP contribution in [0.5, 0.6) is 0 Å². The molecule has 1 fully saturated rings. The minimum absolute atomic E-state index is 0.0185. The molecule has 0 aliphatic carbocycles. The van der Waals surface area contributed by atoms with Crippen LogP contribution >= 0.6 is 0 Å². The quantitative estimate of drug-likeness (QED) is 0.640. The van der Waals surface area contributed by atoms with Gasteiger partial charge in [-0.05, 0) is 6.07 Å². The summed E-state index contributed by atoms with van der Waals surface area (Å²) in [5.74, 6) is 1.34. The van der Waals surface area contributed by atoms with E-state index in [1.165, 1.54) is 0 Å². The van der Waals surface area contributed by atoms with Gasteiger partial charge in [-0.3, -0.25) is 14.6 Å². The summed E-state index contributed by atoms with van der Waals surface area (Å²) in [7, 11) is -0.728. The first kappa shape index (κ1) is 13.1. The molecule has 0 unspecified atom stereocenters. The smallest absolute Gasteiger partial charge is 0.126 e. The van der Waals surface area contributed by atoms with Gasteiger partial charge < -0.3 is 10.6 Å². The minimum atomic E-state index is -0.728. The lowest BCUT2D eigenvalue weighted by molar-refractivity contribution is 0.673.